The molecule has 3 rings (SSSR count). The number of carbonyl (C=O) groups excluding carboxylic acids is 1. The Morgan fingerprint density at radius 3 is 3.05 bits per heavy atom. The third kappa shape index (κ3) is 2.91. The first-order chi connectivity index (χ1) is 10.0. The third-order valence-electron chi connectivity index (χ3n) is 2.99. The molecule has 0 saturated heterocycles. The van der Waals surface area contributed by atoms with Crippen LogP contribution in [0, 0.1) is 0 Å². The second kappa shape index (κ2) is 5.45. The lowest BCUT2D eigenvalue weighted by molar-refractivity contribution is -0.119. The number of thiazole rings is 1. The molecule has 3 aromatic rings. The number of nitrogens with zero attached hydrogens (tertiary/aromatic N) is 3. The lowest BCUT2D eigenvalue weighted by atomic mass is 10.3. The molecule has 0 aliphatic carbocycles. The van der Waals surface area contributed by atoms with Crippen LogP contribution < -0.4 is 11.1 Å². The Balaban J connectivity index is 1.79. The number of carbonyl (C=O) groups is 1. The number of rotatable bonds is 3. The molecule has 0 aliphatic heterocycles. The molecule has 3 N–H and O–H groups in total. The van der Waals surface area contributed by atoms with Crippen LogP contribution in [0.1, 0.15) is 13.0 Å². The molecule has 1 amide bonds. The summed E-state index contributed by atoms with van der Waals surface area (Å²) in [6.45, 7) is 1.78. The second-order valence-corrected chi connectivity index (χ2v) is 6.50. The number of fused-ring (bicyclic) bond motifs is 1. The van der Waals surface area contributed by atoms with Gasteiger partial charge in [-0.25, -0.2) is 4.98 Å². The maximum Gasteiger partial charge on any atom is 0.250 e. The summed E-state index contributed by atoms with van der Waals surface area (Å²) in [7, 11) is 0. The van der Waals surface area contributed by atoms with Crippen molar-refractivity contribution in [3.8, 4) is 0 Å². The number of nitrogens with one attached hydrogen (secondary N) is 1. The highest BCUT2D eigenvalue weighted by atomic mass is 79.9. The van der Waals surface area contributed by atoms with Gasteiger partial charge in [-0.15, -0.1) is 0 Å². The van der Waals surface area contributed by atoms with Crippen LogP contribution in [0.5, 0.6) is 0 Å². The van der Waals surface area contributed by atoms with Crippen molar-refractivity contribution in [3.05, 3.63) is 35.1 Å². The number of benzene rings is 1. The normalized spacial score (nSPS) is 12.5. The molecule has 1 atom stereocenters. The summed E-state index contributed by atoms with van der Waals surface area (Å²) in [5.41, 5.74) is 7.23. The molecule has 108 valence electrons. The lowest BCUT2D eigenvalue weighted by Crippen LogP contribution is -2.23. The number of amides is 1. The molecule has 6 nitrogen and oxygen atoms in total. The Bertz CT molecular complexity index is 812. The smallest absolute Gasteiger partial charge is 0.250 e. The zero-order valence-electron chi connectivity index (χ0n) is 11.1. The first kappa shape index (κ1) is 14.0. The van der Waals surface area contributed by atoms with Gasteiger partial charge in [0.05, 0.1) is 20.9 Å². The van der Waals surface area contributed by atoms with Gasteiger partial charge in [0.15, 0.2) is 5.13 Å². The Morgan fingerprint density at radius 2 is 2.33 bits per heavy atom. The average Bonchev–Trinajstić information content (AvgIpc) is 3.03. The topological polar surface area (TPSA) is 85.8 Å². The van der Waals surface area contributed by atoms with E-state index < -0.39 is 6.04 Å². The van der Waals surface area contributed by atoms with E-state index in [0.29, 0.717) is 10.8 Å². The highest BCUT2D eigenvalue weighted by Crippen LogP contribution is 2.28. The lowest BCUT2D eigenvalue weighted by Gasteiger charge is -2.10. The maximum absolute atomic E-state index is 12.2. The summed E-state index contributed by atoms with van der Waals surface area (Å²) in [5, 5.41) is 7.47. The van der Waals surface area contributed by atoms with Gasteiger partial charge < -0.3 is 11.1 Å². The van der Waals surface area contributed by atoms with E-state index in [-0.39, 0.29) is 5.91 Å². The van der Waals surface area contributed by atoms with Crippen molar-refractivity contribution in [2.45, 2.75) is 13.0 Å². The Kier molecular flexibility index (Phi) is 3.64. The van der Waals surface area contributed by atoms with Gasteiger partial charge in [0, 0.05) is 11.9 Å². The fourth-order valence-corrected chi connectivity index (χ4v) is 3.07. The SMILES string of the molecule is CC(C(=O)Nc1nc2ccc(N)cc2s1)n1cc(Br)cn1. The van der Waals surface area contributed by atoms with E-state index in [1.54, 1.807) is 30.1 Å². The number of halogens is 1. The summed E-state index contributed by atoms with van der Waals surface area (Å²) >= 11 is 4.70. The number of anilines is 2. The Labute approximate surface area is 133 Å². The zero-order chi connectivity index (χ0) is 15.0. The standard InChI is InChI=1S/C13H12BrN5OS/c1-7(19-6-8(14)5-16-19)12(20)18-13-17-10-3-2-9(15)4-11(10)21-13/h2-7H,15H2,1H3,(H,17,18,20). The van der Waals surface area contributed by atoms with Crippen LogP contribution in [0.2, 0.25) is 0 Å². The van der Waals surface area contributed by atoms with E-state index in [1.807, 2.05) is 12.1 Å². The third-order valence-corrected chi connectivity index (χ3v) is 4.33. The van der Waals surface area contributed by atoms with Crippen LogP contribution in [-0.4, -0.2) is 20.7 Å². The van der Waals surface area contributed by atoms with Crippen molar-refractivity contribution < 1.29 is 4.79 Å². The number of nitrogen functional groups attached to an aromatic ring is 1. The van der Waals surface area contributed by atoms with Gasteiger partial charge in [-0.1, -0.05) is 11.3 Å². The maximum atomic E-state index is 12.2. The fraction of sp³-hybridized carbons (Fsp3) is 0.154. The predicted octanol–water partition coefficient (Wildman–Crippen LogP) is 3.04. The molecular weight excluding hydrogens is 354 g/mol. The van der Waals surface area contributed by atoms with Crippen molar-refractivity contribution in [3.63, 3.8) is 0 Å². The molecule has 0 aliphatic rings. The minimum Gasteiger partial charge on any atom is -0.399 e. The van der Waals surface area contributed by atoms with Crippen molar-refractivity contribution >= 4 is 54.2 Å². The molecule has 0 radical (unpaired) electrons. The van der Waals surface area contributed by atoms with Crippen molar-refractivity contribution in [2.75, 3.05) is 11.1 Å². The molecule has 2 heterocycles. The summed E-state index contributed by atoms with van der Waals surface area (Å²) in [5.74, 6) is -0.169. The zero-order valence-corrected chi connectivity index (χ0v) is 13.5. The molecule has 0 saturated carbocycles. The highest BCUT2D eigenvalue weighted by Gasteiger charge is 2.17. The second-order valence-electron chi connectivity index (χ2n) is 4.55. The van der Waals surface area contributed by atoms with E-state index in [2.05, 4.69) is 31.3 Å². The van der Waals surface area contributed by atoms with E-state index in [9.17, 15) is 4.79 Å². The van der Waals surface area contributed by atoms with Gasteiger partial charge in [-0.3, -0.25) is 9.48 Å². The van der Waals surface area contributed by atoms with E-state index in [0.717, 1.165) is 14.7 Å². The Hall–Kier alpha value is -1.93. The molecule has 0 bridgehead atoms. The van der Waals surface area contributed by atoms with Crippen molar-refractivity contribution in [1.82, 2.24) is 14.8 Å². The highest BCUT2D eigenvalue weighted by molar-refractivity contribution is 9.10. The summed E-state index contributed by atoms with van der Waals surface area (Å²) in [4.78, 5) is 16.6. The van der Waals surface area contributed by atoms with Crippen molar-refractivity contribution in [2.24, 2.45) is 0 Å². The van der Waals surface area contributed by atoms with Crippen LogP contribution in [0.3, 0.4) is 0 Å². The van der Waals surface area contributed by atoms with Gasteiger partial charge in [-0.2, -0.15) is 5.10 Å². The number of aromatic nitrogens is 3. The molecule has 8 heteroatoms. The minimum atomic E-state index is -0.423. The van der Waals surface area contributed by atoms with Crippen LogP contribution in [0.4, 0.5) is 10.8 Å². The van der Waals surface area contributed by atoms with E-state index >= 15 is 0 Å². The number of hydrogen-bond donors (Lipinski definition) is 2. The van der Waals surface area contributed by atoms with E-state index in [1.165, 1.54) is 11.3 Å². The fourth-order valence-electron chi connectivity index (χ4n) is 1.85. The van der Waals surface area contributed by atoms with Crippen LogP contribution in [0.15, 0.2) is 35.1 Å². The number of hydrogen-bond acceptors (Lipinski definition) is 5. The molecule has 0 fully saturated rings. The molecule has 1 aromatic carbocycles. The molecular formula is C13H12BrN5OS. The van der Waals surface area contributed by atoms with Gasteiger partial charge in [-0.05, 0) is 41.1 Å². The molecule has 1 unspecified atom stereocenters. The predicted molar refractivity (Wildman–Crippen MR) is 87.3 cm³/mol. The van der Waals surface area contributed by atoms with Crippen LogP contribution in [0.25, 0.3) is 10.2 Å². The largest absolute Gasteiger partial charge is 0.399 e. The first-order valence-corrected chi connectivity index (χ1v) is 7.80. The van der Waals surface area contributed by atoms with Gasteiger partial charge >= 0.3 is 0 Å². The Morgan fingerprint density at radius 1 is 1.52 bits per heavy atom. The molecule has 2 aromatic heterocycles. The van der Waals surface area contributed by atoms with Gasteiger partial charge in [0.2, 0.25) is 0 Å². The molecule has 0 spiro atoms. The summed E-state index contributed by atoms with van der Waals surface area (Å²) in [6, 6.07) is 5.05. The van der Waals surface area contributed by atoms with Crippen molar-refractivity contribution in [1.29, 1.82) is 0 Å². The summed E-state index contributed by atoms with van der Waals surface area (Å²) in [6.07, 6.45) is 3.40. The van der Waals surface area contributed by atoms with Crippen LogP contribution in [-0.2, 0) is 4.79 Å². The number of nitrogens with two attached hydrogens (primary N) is 1. The van der Waals surface area contributed by atoms with Gasteiger partial charge in [0.25, 0.3) is 5.91 Å². The van der Waals surface area contributed by atoms with E-state index in [4.69, 9.17) is 5.73 Å². The monoisotopic (exact) mass is 365 g/mol. The van der Waals surface area contributed by atoms with Gasteiger partial charge in [0.1, 0.15) is 6.04 Å². The van der Waals surface area contributed by atoms with Crippen LogP contribution >= 0.6 is 27.3 Å². The first-order valence-electron chi connectivity index (χ1n) is 6.19. The molecule has 21 heavy (non-hydrogen) atoms. The average molecular weight is 366 g/mol. The summed E-state index contributed by atoms with van der Waals surface area (Å²) < 4.78 is 3.36. The minimum absolute atomic E-state index is 0.169. The quantitative estimate of drug-likeness (QED) is 0.698.